The lowest BCUT2D eigenvalue weighted by Crippen LogP contribution is -2.39. The molecule has 0 spiro atoms. The van der Waals surface area contributed by atoms with E-state index >= 15 is 0 Å². The number of nitrogens with one attached hydrogen (secondary N) is 2. The van der Waals surface area contributed by atoms with Gasteiger partial charge in [0.05, 0.1) is 19.5 Å². The molecule has 158 valence electrons. The van der Waals surface area contributed by atoms with Gasteiger partial charge in [-0.3, -0.25) is 4.99 Å². The molecule has 6 nitrogen and oxygen atoms in total. The van der Waals surface area contributed by atoms with Gasteiger partial charge in [-0.1, -0.05) is 61.5 Å². The summed E-state index contributed by atoms with van der Waals surface area (Å²) < 4.78 is 7.89. The van der Waals surface area contributed by atoms with Crippen LogP contribution in [0.5, 0.6) is 0 Å². The molecule has 0 amide bonds. The van der Waals surface area contributed by atoms with Crippen LogP contribution in [0.15, 0.2) is 78.3 Å². The van der Waals surface area contributed by atoms with Gasteiger partial charge in [0.2, 0.25) is 0 Å². The molecular formula is C24H31N5O. The minimum Gasteiger partial charge on any atom is -0.376 e. The van der Waals surface area contributed by atoms with E-state index < -0.39 is 0 Å². The van der Waals surface area contributed by atoms with E-state index in [-0.39, 0.29) is 0 Å². The first-order chi connectivity index (χ1) is 14.7. The maximum atomic E-state index is 5.83. The van der Waals surface area contributed by atoms with Crippen LogP contribution in [0.4, 0.5) is 0 Å². The lowest BCUT2D eigenvalue weighted by Gasteiger charge is -2.16. The van der Waals surface area contributed by atoms with Gasteiger partial charge in [-0.2, -0.15) is 0 Å². The van der Waals surface area contributed by atoms with Crippen LogP contribution in [-0.2, 0) is 24.4 Å². The minimum atomic E-state index is 0.380. The normalized spacial score (nSPS) is 12.5. The number of guanidine groups is 1. The first kappa shape index (κ1) is 21.6. The molecule has 6 heteroatoms. The van der Waals surface area contributed by atoms with E-state index in [4.69, 9.17) is 4.74 Å². The molecule has 0 aliphatic heterocycles. The summed E-state index contributed by atoms with van der Waals surface area (Å²) >= 11 is 0. The number of hydrogen-bond acceptors (Lipinski definition) is 3. The van der Waals surface area contributed by atoms with E-state index in [2.05, 4.69) is 68.5 Å². The molecule has 1 heterocycles. The number of hydrogen-bond donors (Lipinski definition) is 2. The van der Waals surface area contributed by atoms with Crippen LogP contribution >= 0.6 is 0 Å². The molecule has 0 aliphatic carbocycles. The molecule has 0 saturated heterocycles. The first-order valence-electron chi connectivity index (χ1n) is 10.3. The number of imidazole rings is 1. The fraction of sp³-hybridized carbons (Fsp3) is 0.333. The molecule has 0 bridgehead atoms. The highest BCUT2D eigenvalue weighted by molar-refractivity contribution is 5.79. The fourth-order valence-corrected chi connectivity index (χ4v) is 3.12. The van der Waals surface area contributed by atoms with Crippen LogP contribution in [0.25, 0.3) is 0 Å². The fourth-order valence-electron chi connectivity index (χ4n) is 3.12. The summed E-state index contributed by atoms with van der Waals surface area (Å²) in [5, 5.41) is 6.77. The Bertz CT molecular complexity index is 893. The molecule has 1 atom stereocenters. The van der Waals surface area contributed by atoms with Gasteiger partial charge in [0.25, 0.3) is 0 Å². The van der Waals surface area contributed by atoms with E-state index in [0.717, 1.165) is 25.6 Å². The lowest BCUT2D eigenvalue weighted by molar-refractivity contribution is 0.0931. The molecule has 0 radical (unpaired) electrons. The van der Waals surface area contributed by atoms with Crippen molar-refractivity contribution in [2.45, 2.75) is 26.6 Å². The van der Waals surface area contributed by atoms with Crippen LogP contribution in [0.1, 0.15) is 23.6 Å². The average molecular weight is 406 g/mol. The van der Waals surface area contributed by atoms with E-state index in [0.29, 0.717) is 19.1 Å². The third-order valence-corrected chi connectivity index (χ3v) is 4.73. The van der Waals surface area contributed by atoms with E-state index in [1.165, 1.54) is 16.7 Å². The van der Waals surface area contributed by atoms with Gasteiger partial charge in [0, 0.05) is 39.1 Å². The molecule has 3 aromatic rings. The maximum absolute atomic E-state index is 5.83. The first-order valence-corrected chi connectivity index (χ1v) is 10.3. The number of benzene rings is 2. The van der Waals surface area contributed by atoms with Crippen LogP contribution < -0.4 is 10.6 Å². The van der Waals surface area contributed by atoms with Crippen LogP contribution in [0, 0.1) is 5.92 Å². The minimum absolute atomic E-state index is 0.380. The van der Waals surface area contributed by atoms with Crippen molar-refractivity contribution < 1.29 is 4.74 Å². The van der Waals surface area contributed by atoms with Crippen molar-refractivity contribution in [3.8, 4) is 0 Å². The van der Waals surface area contributed by atoms with Crippen molar-refractivity contribution in [2.24, 2.45) is 10.9 Å². The topological polar surface area (TPSA) is 63.5 Å². The highest BCUT2D eigenvalue weighted by atomic mass is 16.5. The Hall–Kier alpha value is -3.12. The third-order valence-electron chi connectivity index (χ3n) is 4.73. The Kier molecular flexibility index (Phi) is 8.47. The largest absolute Gasteiger partial charge is 0.376 e. The van der Waals surface area contributed by atoms with Gasteiger partial charge in [0.15, 0.2) is 5.96 Å². The van der Waals surface area contributed by atoms with Gasteiger partial charge >= 0.3 is 0 Å². The summed E-state index contributed by atoms with van der Waals surface area (Å²) in [5.74, 6) is 1.18. The second-order valence-electron chi connectivity index (χ2n) is 7.47. The molecule has 0 saturated carbocycles. The highest BCUT2D eigenvalue weighted by Gasteiger charge is 2.05. The van der Waals surface area contributed by atoms with Crippen molar-refractivity contribution in [2.75, 3.05) is 20.2 Å². The number of aromatic nitrogens is 2. The summed E-state index contributed by atoms with van der Waals surface area (Å²) in [6, 6.07) is 18.8. The molecular weight excluding hydrogens is 374 g/mol. The highest BCUT2D eigenvalue weighted by Crippen LogP contribution is 2.07. The summed E-state index contributed by atoms with van der Waals surface area (Å²) in [6.45, 7) is 5.86. The summed E-state index contributed by atoms with van der Waals surface area (Å²) in [6.07, 6.45) is 5.61. The second kappa shape index (κ2) is 11.8. The standard InChI is InChI=1S/C24H31N5O/c1-20(17-30-18-21-7-4-3-5-8-21)14-27-24(25-2)28-15-22-9-6-10-23(13-22)16-29-12-11-26-19-29/h3-13,19-20H,14-18H2,1-2H3,(H2,25,27,28). The number of ether oxygens (including phenoxy) is 1. The Morgan fingerprint density at radius 2 is 1.87 bits per heavy atom. The number of aliphatic imine (C=N–C) groups is 1. The van der Waals surface area contributed by atoms with Crippen molar-refractivity contribution in [3.63, 3.8) is 0 Å². The molecule has 0 fully saturated rings. The SMILES string of the molecule is CN=C(NCc1cccc(Cn2ccnc2)c1)NCC(C)COCc1ccccc1. The molecule has 1 aromatic heterocycles. The number of nitrogens with zero attached hydrogens (tertiary/aromatic N) is 3. The predicted molar refractivity (Wildman–Crippen MR) is 121 cm³/mol. The molecule has 2 N–H and O–H groups in total. The Morgan fingerprint density at radius 1 is 1.07 bits per heavy atom. The summed E-state index contributed by atoms with van der Waals surface area (Å²) in [5.41, 5.74) is 3.67. The van der Waals surface area contributed by atoms with Gasteiger partial charge in [-0.25, -0.2) is 4.98 Å². The smallest absolute Gasteiger partial charge is 0.191 e. The average Bonchev–Trinajstić information content (AvgIpc) is 3.28. The van der Waals surface area contributed by atoms with Gasteiger partial charge in [0.1, 0.15) is 0 Å². The lowest BCUT2D eigenvalue weighted by atomic mass is 10.1. The van der Waals surface area contributed by atoms with Crippen molar-refractivity contribution in [1.82, 2.24) is 20.2 Å². The van der Waals surface area contributed by atoms with Crippen LogP contribution in [0.2, 0.25) is 0 Å². The van der Waals surface area contributed by atoms with Crippen molar-refractivity contribution >= 4 is 5.96 Å². The third kappa shape index (κ3) is 7.37. The van der Waals surface area contributed by atoms with E-state index in [1.807, 2.05) is 30.7 Å². The zero-order chi connectivity index (χ0) is 21.0. The molecule has 3 rings (SSSR count). The monoisotopic (exact) mass is 405 g/mol. The quantitative estimate of drug-likeness (QED) is 0.401. The zero-order valence-corrected chi connectivity index (χ0v) is 17.8. The Morgan fingerprint density at radius 3 is 2.63 bits per heavy atom. The number of rotatable bonds is 10. The molecule has 1 unspecified atom stereocenters. The van der Waals surface area contributed by atoms with Crippen molar-refractivity contribution in [1.29, 1.82) is 0 Å². The van der Waals surface area contributed by atoms with E-state index in [1.54, 1.807) is 13.2 Å². The summed E-state index contributed by atoms with van der Waals surface area (Å²) in [7, 11) is 1.79. The molecule has 30 heavy (non-hydrogen) atoms. The maximum Gasteiger partial charge on any atom is 0.191 e. The summed E-state index contributed by atoms with van der Waals surface area (Å²) in [4.78, 5) is 8.43. The predicted octanol–water partition coefficient (Wildman–Crippen LogP) is 3.45. The molecule has 2 aromatic carbocycles. The van der Waals surface area contributed by atoms with Crippen LogP contribution in [-0.4, -0.2) is 35.7 Å². The molecule has 0 aliphatic rings. The Balaban J connectivity index is 1.38. The van der Waals surface area contributed by atoms with Gasteiger partial charge < -0.3 is 19.9 Å². The van der Waals surface area contributed by atoms with Crippen LogP contribution in [0.3, 0.4) is 0 Å². The zero-order valence-electron chi connectivity index (χ0n) is 17.8. The Labute approximate surface area is 179 Å². The van der Waals surface area contributed by atoms with E-state index in [9.17, 15) is 0 Å². The second-order valence-corrected chi connectivity index (χ2v) is 7.47. The van der Waals surface area contributed by atoms with Gasteiger partial charge in [-0.05, 0) is 22.6 Å². The van der Waals surface area contributed by atoms with Crippen molar-refractivity contribution in [3.05, 3.63) is 90.0 Å². The van der Waals surface area contributed by atoms with Gasteiger partial charge in [-0.15, -0.1) is 0 Å².